The molecule has 0 atom stereocenters. The van der Waals surface area contributed by atoms with E-state index in [2.05, 4.69) is 0 Å². The topological polar surface area (TPSA) is 67.5 Å². The summed E-state index contributed by atoms with van der Waals surface area (Å²) in [5, 5.41) is 11.4. The number of aryl methyl sites for hydroxylation is 1. The van der Waals surface area contributed by atoms with Crippen molar-refractivity contribution in [2.45, 2.75) is 13.1 Å². The molecule has 2 aromatic heterocycles. The number of carboxylic acid groups (broad SMARTS) is 1. The van der Waals surface area contributed by atoms with Crippen LogP contribution in [0.1, 0.15) is 16.1 Å². The fourth-order valence-corrected chi connectivity index (χ4v) is 4.37. The molecule has 0 saturated heterocycles. The lowest BCUT2D eigenvalue weighted by atomic mass is 10.1. The van der Waals surface area contributed by atoms with Crippen LogP contribution in [0.25, 0.3) is 21.8 Å². The molecule has 7 heteroatoms. The highest BCUT2D eigenvalue weighted by Crippen LogP contribution is 2.38. The van der Waals surface area contributed by atoms with Gasteiger partial charge in [0.15, 0.2) is 0 Å². The van der Waals surface area contributed by atoms with Crippen molar-refractivity contribution in [3.63, 3.8) is 0 Å². The second-order valence-electron chi connectivity index (χ2n) is 6.99. The Morgan fingerprint density at radius 1 is 1.18 bits per heavy atom. The van der Waals surface area contributed by atoms with Gasteiger partial charge in [0.1, 0.15) is 6.54 Å². The van der Waals surface area contributed by atoms with E-state index in [1.54, 1.807) is 21.7 Å². The Morgan fingerprint density at radius 3 is 2.79 bits per heavy atom. The van der Waals surface area contributed by atoms with Gasteiger partial charge in [0.05, 0.1) is 33.9 Å². The number of hydrogen-bond acceptors (Lipinski definition) is 2. The molecular formula is C21H16ClN3O3. The van der Waals surface area contributed by atoms with Crippen LogP contribution in [0.2, 0.25) is 5.02 Å². The van der Waals surface area contributed by atoms with E-state index in [9.17, 15) is 9.59 Å². The van der Waals surface area contributed by atoms with Gasteiger partial charge in [-0.25, -0.2) is 0 Å². The number of anilines is 1. The number of carboxylic acids is 1. The minimum atomic E-state index is -0.909. The molecule has 1 amide bonds. The van der Waals surface area contributed by atoms with Crippen LogP contribution >= 0.6 is 11.6 Å². The van der Waals surface area contributed by atoms with Crippen LogP contribution < -0.4 is 4.90 Å². The summed E-state index contributed by atoms with van der Waals surface area (Å²) in [6.45, 7) is 0.322. The van der Waals surface area contributed by atoms with Gasteiger partial charge >= 0.3 is 5.97 Å². The number of rotatable bonds is 3. The molecule has 0 fully saturated rings. The van der Waals surface area contributed by atoms with Gasteiger partial charge in [0, 0.05) is 24.3 Å². The van der Waals surface area contributed by atoms with Gasteiger partial charge in [-0.05, 0) is 35.7 Å². The predicted octanol–water partition coefficient (Wildman–Crippen LogP) is 4.03. The summed E-state index contributed by atoms with van der Waals surface area (Å²) < 4.78 is 3.68. The van der Waals surface area contributed by atoms with Gasteiger partial charge in [-0.15, -0.1) is 0 Å². The number of halogens is 1. The Hall–Kier alpha value is -3.25. The highest BCUT2D eigenvalue weighted by atomic mass is 35.5. The SMILES string of the molecule is Cn1c2c(c3c(Cl)cccc31)C(=O)N(c1ccc3ccn(CC(=O)O)c3c1)C2. The van der Waals surface area contributed by atoms with E-state index in [1.165, 1.54) is 0 Å². The maximum atomic E-state index is 13.3. The molecule has 0 bridgehead atoms. The summed E-state index contributed by atoms with van der Waals surface area (Å²) in [6, 6.07) is 13.2. The number of fused-ring (bicyclic) bond motifs is 4. The van der Waals surface area contributed by atoms with E-state index in [-0.39, 0.29) is 12.5 Å². The van der Waals surface area contributed by atoms with Crippen molar-refractivity contribution in [2.75, 3.05) is 4.90 Å². The fourth-order valence-electron chi connectivity index (χ4n) is 4.10. The van der Waals surface area contributed by atoms with Crippen molar-refractivity contribution < 1.29 is 14.7 Å². The van der Waals surface area contributed by atoms with E-state index in [1.807, 2.05) is 48.0 Å². The van der Waals surface area contributed by atoms with Crippen LogP contribution in [0.4, 0.5) is 5.69 Å². The third-order valence-electron chi connectivity index (χ3n) is 5.44. The van der Waals surface area contributed by atoms with Crippen molar-refractivity contribution in [1.82, 2.24) is 9.13 Å². The molecule has 140 valence electrons. The number of hydrogen-bond donors (Lipinski definition) is 1. The maximum absolute atomic E-state index is 13.3. The first kappa shape index (κ1) is 16.9. The first-order valence-electron chi connectivity index (χ1n) is 8.84. The van der Waals surface area contributed by atoms with E-state index >= 15 is 0 Å². The molecule has 0 spiro atoms. The van der Waals surface area contributed by atoms with Crippen LogP contribution in [0.3, 0.4) is 0 Å². The van der Waals surface area contributed by atoms with E-state index < -0.39 is 5.97 Å². The molecule has 28 heavy (non-hydrogen) atoms. The monoisotopic (exact) mass is 393 g/mol. The molecule has 1 aliphatic heterocycles. The molecule has 4 aromatic rings. The first-order chi connectivity index (χ1) is 13.5. The summed E-state index contributed by atoms with van der Waals surface area (Å²) in [5.74, 6) is -1.00. The molecule has 5 rings (SSSR count). The molecule has 2 aromatic carbocycles. The van der Waals surface area contributed by atoms with Gasteiger partial charge in [-0.1, -0.05) is 23.7 Å². The number of nitrogens with zero attached hydrogens (tertiary/aromatic N) is 3. The van der Waals surface area contributed by atoms with Crippen LogP contribution in [-0.4, -0.2) is 26.1 Å². The highest BCUT2D eigenvalue weighted by Gasteiger charge is 2.34. The average molecular weight is 394 g/mol. The maximum Gasteiger partial charge on any atom is 0.323 e. The van der Waals surface area contributed by atoms with Crippen molar-refractivity contribution in [3.05, 3.63) is 64.9 Å². The number of aliphatic carboxylic acids is 1. The van der Waals surface area contributed by atoms with E-state index in [0.29, 0.717) is 17.1 Å². The second-order valence-corrected chi connectivity index (χ2v) is 7.39. The van der Waals surface area contributed by atoms with Gasteiger partial charge in [0.25, 0.3) is 5.91 Å². The lowest BCUT2D eigenvalue weighted by Gasteiger charge is -2.18. The third kappa shape index (κ3) is 2.28. The van der Waals surface area contributed by atoms with Crippen LogP contribution in [0.5, 0.6) is 0 Å². The van der Waals surface area contributed by atoms with Crippen molar-refractivity contribution in [3.8, 4) is 0 Å². The summed E-state index contributed by atoms with van der Waals surface area (Å²) in [6.07, 6.45) is 1.75. The minimum Gasteiger partial charge on any atom is -0.480 e. The van der Waals surface area contributed by atoms with Gasteiger partial charge in [-0.2, -0.15) is 0 Å². The van der Waals surface area contributed by atoms with Crippen LogP contribution in [0.15, 0.2) is 48.7 Å². The van der Waals surface area contributed by atoms with Gasteiger partial charge < -0.3 is 19.1 Å². The Morgan fingerprint density at radius 2 is 2.00 bits per heavy atom. The summed E-state index contributed by atoms with van der Waals surface area (Å²) in [4.78, 5) is 26.1. The van der Waals surface area contributed by atoms with Crippen LogP contribution in [-0.2, 0) is 24.9 Å². The predicted molar refractivity (Wildman–Crippen MR) is 108 cm³/mol. The zero-order chi connectivity index (χ0) is 19.6. The molecule has 6 nitrogen and oxygen atoms in total. The molecule has 1 N–H and O–H groups in total. The molecule has 0 aliphatic carbocycles. The number of amides is 1. The normalized spacial score (nSPS) is 13.6. The molecule has 0 unspecified atom stereocenters. The lowest BCUT2D eigenvalue weighted by molar-refractivity contribution is -0.137. The Balaban J connectivity index is 1.62. The van der Waals surface area contributed by atoms with Crippen molar-refractivity contribution in [1.29, 1.82) is 0 Å². The summed E-state index contributed by atoms with van der Waals surface area (Å²) in [7, 11) is 1.94. The number of aromatic nitrogens is 2. The smallest absolute Gasteiger partial charge is 0.323 e. The quantitative estimate of drug-likeness (QED) is 0.571. The first-order valence-corrected chi connectivity index (χ1v) is 9.22. The number of benzene rings is 2. The Labute approximate surface area is 165 Å². The third-order valence-corrected chi connectivity index (χ3v) is 5.75. The Kier molecular flexibility index (Phi) is 3.54. The number of carbonyl (C=O) groups excluding carboxylic acids is 1. The minimum absolute atomic E-state index is 0.0932. The largest absolute Gasteiger partial charge is 0.480 e. The molecule has 0 saturated carbocycles. The van der Waals surface area contributed by atoms with Crippen molar-refractivity contribution >= 4 is 51.0 Å². The molecular weight excluding hydrogens is 378 g/mol. The van der Waals surface area contributed by atoms with Gasteiger partial charge in [0.2, 0.25) is 0 Å². The van der Waals surface area contributed by atoms with Crippen LogP contribution in [0, 0.1) is 0 Å². The van der Waals surface area contributed by atoms with Crippen molar-refractivity contribution in [2.24, 2.45) is 7.05 Å². The summed E-state index contributed by atoms with van der Waals surface area (Å²) in [5.41, 5.74) is 4.03. The average Bonchev–Trinajstić information content (AvgIpc) is 3.29. The zero-order valence-electron chi connectivity index (χ0n) is 15.0. The molecule has 1 aliphatic rings. The Bertz CT molecular complexity index is 1300. The zero-order valence-corrected chi connectivity index (χ0v) is 15.8. The lowest BCUT2D eigenvalue weighted by Crippen LogP contribution is -2.23. The van der Waals surface area contributed by atoms with E-state index in [4.69, 9.17) is 16.7 Å². The van der Waals surface area contributed by atoms with Gasteiger partial charge in [-0.3, -0.25) is 9.59 Å². The fraction of sp³-hybridized carbons (Fsp3) is 0.143. The standard InChI is InChI=1S/C21H16ClN3O3/c1-23-15-4-2-3-14(22)19(15)20-17(23)10-25(21(20)28)13-6-5-12-7-8-24(11-18(26)27)16(12)9-13/h2-9H,10-11H2,1H3,(H,26,27). The second kappa shape index (κ2) is 5.87. The summed E-state index contributed by atoms with van der Waals surface area (Å²) >= 11 is 6.40. The number of carbonyl (C=O) groups is 2. The molecule has 0 radical (unpaired) electrons. The van der Waals surface area contributed by atoms with E-state index in [0.717, 1.165) is 33.2 Å². The highest BCUT2D eigenvalue weighted by molar-refractivity contribution is 6.37. The molecule has 3 heterocycles.